The number of hydrogen-bond donors (Lipinski definition) is 3. The molecule has 0 aromatic heterocycles. The van der Waals surface area contributed by atoms with Gasteiger partial charge in [0.25, 0.3) is 0 Å². The van der Waals surface area contributed by atoms with Crippen molar-refractivity contribution < 1.29 is 5.11 Å². The Morgan fingerprint density at radius 2 is 2.23 bits per heavy atom. The van der Waals surface area contributed by atoms with E-state index in [0.29, 0.717) is 5.96 Å². The number of aliphatic hydroxyl groups excluding tert-OH is 1. The van der Waals surface area contributed by atoms with Gasteiger partial charge in [0.1, 0.15) is 0 Å². The van der Waals surface area contributed by atoms with E-state index in [-0.39, 0.29) is 36.0 Å². The third-order valence-electron chi connectivity index (χ3n) is 2.64. The standard InChI is InChI=1S/C8H17N3O.HI/c1-10-7(9)11-5-8(6-12)3-2-4-8;/h12H,2-6H2,1H3,(H3,9,10,11);1H. The molecule has 0 amide bonds. The summed E-state index contributed by atoms with van der Waals surface area (Å²) in [6.07, 6.45) is 3.40. The van der Waals surface area contributed by atoms with Crippen molar-refractivity contribution in [2.75, 3.05) is 20.2 Å². The molecule has 1 saturated carbocycles. The van der Waals surface area contributed by atoms with Crippen LogP contribution in [0.3, 0.4) is 0 Å². The molecule has 0 spiro atoms. The molecule has 78 valence electrons. The molecule has 1 fully saturated rings. The lowest BCUT2D eigenvalue weighted by atomic mass is 9.69. The summed E-state index contributed by atoms with van der Waals surface area (Å²) in [6, 6.07) is 0. The number of aliphatic imine (C=N–C) groups is 1. The van der Waals surface area contributed by atoms with Crippen molar-refractivity contribution in [2.45, 2.75) is 19.3 Å². The molecule has 0 aromatic rings. The summed E-state index contributed by atoms with van der Waals surface area (Å²) in [7, 11) is 1.65. The first-order valence-corrected chi connectivity index (χ1v) is 4.29. The van der Waals surface area contributed by atoms with E-state index in [9.17, 15) is 0 Å². The van der Waals surface area contributed by atoms with Gasteiger partial charge in [-0.05, 0) is 12.8 Å². The predicted molar refractivity (Wildman–Crippen MR) is 64.3 cm³/mol. The van der Waals surface area contributed by atoms with Crippen LogP contribution >= 0.6 is 24.0 Å². The maximum Gasteiger partial charge on any atom is 0.188 e. The zero-order chi connectivity index (χ0) is 9.03. The van der Waals surface area contributed by atoms with Crippen molar-refractivity contribution in [3.8, 4) is 0 Å². The average molecular weight is 299 g/mol. The Hall–Kier alpha value is -0.0400. The highest BCUT2D eigenvalue weighted by molar-refractivity contribution is 14.0. The van der Waals surface area contributed by atoms with E-state index in [1.54, 1.807) is 7.05 Å². The Kier molecular flexibility index (Phi) is 5.62. The van der Waals surface area contributed by atoms with Crippen LogP contribution in [-0.4, -0.2) is 31.3 Å². The molecule has 0 heterocycles. The highest BCUT2D eigenvalue weighted by Gasteiger charge is 2.36. The van der Waals surface area contributed by atoms with Gasteiger partial charge in [-0.3, -0.25) is 4.99 Å². The zero-order valence-electron chi connectivity index (χ0n) is 7.92. The second kappa shape index (κ2) is 5.64. The van der Waals surface area contributed by atoms with Crippen LogP contribution in [0.5, 0.6) is 0 Å². The molecule has 0 aromatic carbocycles. The van der Waals surface area contributed by atoms with Crippen molar-refractivity contribution >= 4 is 29.9 Å². The Labute approximate surface area is 96.0 Å². The van der Waals surface area contributed by atoms with E-state index in [1.807, 2.05) is 0 Å². The summed E-state index contributed by atoms with van der Waals surface area (Å²) >= 11 is 0. The molecule has 13 heavy (non-hydrogen) atoms. The fraction of sp³-hybridized carbons (Fsp3) is 0.875. The number of nitrogens with one attached hydrogen (secondary N) is 1. The topological polar surface area (TPSA) is 70.6 Å². The maximum absolute atomic E-state index is 9.10. The Bertz CT molecular complexity index is 175. The summed E-state index contributed by atoms with van der Waals surface area (Å²) in [5.74, 6) is 0.453. The lowest BCUT2D eigenvalue weighted by Crippen LogP contribution is -2.46. The minimum atomic E-state index is 0. The van der Waals surface area contributed by atoms with E-state index in [2.05, 4.69) is 10.3 Å². The van der Waals surface area contributed by atoms with E-state index in [0.717, 1.165) is 19.4 Å². The smallest absolute Gasteiger partial charge is 0.188 e. The molecule has 0 bridgehead atoms. The number of guanidine groups is 1. The maximum atomic E-state index is 9.10. The van der Waals surface area contributed by atoms with Gasteiger partial charge >= 0.3 is 0 Å². The molecule has 4 N–H and O–H groups in total. The van der Waals surface area contributed by atoms with E-state index in [1.165, 1.54) is 6.42 Å². The Morgan fingerprint density at radius 1 is 1.62 bits per heavy atom. The average Bonchev–Trinajstić information content (AvgIpc) is 2.03. The van der Waals surface area contributed by atoms with E-state index < -0.39 is 0 Å². The first kappa shape index (κ1) is 13.0. The SMILES string of the molecule is CN=C(N)NCC1(CO)CCC1.I. The number of nitrogens with two attached hydrogens (primary N) is 1. The third kappa shape index (κ3) is 3.30. The van der Waals surface area contributed by atoms with Gasteiger partial charge < -0.3 is 16.2 Å². The van der Waals surface area contributed by atoms with Crippen LogP contribution in [0.2, 0.25) is 0 Å². The molecule has 5 heteroatoms. The highest BCUT2D eigenvalue weighted by atomic mass is 127. The number of rotatable bonds is 3. The number of nitrogens with zero attached hydrogens (tertiary/aromatic N) is 1. The second-order valence-corrected chi connectivity index (χ2v) is 3.47. The van der Waals surface area contributed by atoms with Gasteiger partial charge in [-0.15, -0.1) is 24.0 Å². The van der Waals surface area contributed by atoms with Gasteiger partial charge in [-0.25, -0.2) is 0 Å². The minimum absolute atomic E-state index is 0. The van der Waals surface area contributed by atoms with Crippen molar-refractivity contribution in [2.24, 2.45) is 16.1 Å². The Morgan fingerprint density at radius 3 is 2.54 bits per heavy atom. The second-order valence-electron chi connectivity index (χ2n) is 3.47. The van der Waals surface area contributed by atoms with Crippen LogP contribution in [-0.2, 0) is 0 Å². The summed E-state index contributed by atoms with van der Waals surface area (Å²) < 4.78 is 0. The van der Waals surface area contributed by atoms with Crippen LogP contribution < -0.4 is 11.1 Å². The van der Waals surface area contributed by atoms with Crippen molar-refractivity contribution in [3.05, 3.63) is 0 Å². The normalized spacial score (nSPS) is 20.0. The molecule has 1 aliphatic rings. The van der Waals surface area contributed by atoms with Crippen LogP contribution in [0.25, 0.3) is 0 Å². The quantitative estimate of drug-likeness (QED) is 0.399. The van der Waals surface area contributed by atoms with Crippen LogP contribution in [0.15, 0.2) is 4.99 Å². The molecule has 1 rings (SSSR count). The third-order valence-corrected chi connectivity index (χ3v) is 2.64. The van der Waals surface area contributed by atoms with Gasteiger partial charge in [0.2, 0.25) is 0 Å². The molecule has 4 nitrogen and oxygen atoms in total. The van der Waals surface area contributed by atoms with Gasteiger partial charge in [-0.2, -0.15) is 0 Å². The summed E-state index contributed by atoms with van der Waals surface area (Å²) in [4.78, 5) is 3.79. The van der Waals surface area contributed by atoms with Gasteiger partial charge in [0, 0.05) is 19.0 Å². The molecule has 1 aliphatic carbocycles. The van der Waals surface area contributed by atoms with Gasteiger partial charge in [0.05, 0.1) is 6.61 Å². The van der Waals surface area contributed by atoms with Gasteiger partial charge in [-0.1, -0.05) is 6.42 Å². The van der Waals surface area contributed by atoms with Crippen molar-refractivity contribution in [1.82, 2.24) is 5.32 Å². The number of aliphatic hydroxyl groups is 1. The fourth-order valence-corrected chi connectivity index (χ4v) is 1.42. The summed E-state index contributed by atoms with van der Waals surface area (Å²) in [5, 5.41) is 12.1. The van der Waals surface area contributed by atoms with Gasteiger partial charge in [0.15, 0.2) is 5.96 Å². The summed E-state index contributed by atoms with van der Waals surface area (Å²) in [5.41, 5.74) is 5.55. The zero-order valence-corrected chi connectivity index (χ0v) is 10.2. The van der Waals surface area contributed by atoms with Crippen LogP contribution in [0, 0.1) is 5.41 Å². The lowest BCUT2D eigenvalue weighted by Gasteiger charge is -2.40. The first-order chi connectivity index (χ1) is 5.72. The van der Waals surface area contributed by atoms with E-state index in [4.69, 9.17) is 10.8 Å². The minimum Gasteiger partial charge on any atom is -0.396 e. The van der Waals surface area contributed by atoms with Crippen LogP contribution in [0.4, 0.5) is 0 Å². The molecule has 0 aliphatic heterocycles. The molecule has 0 saturated heterocycles. The van der Waals surface area contributed by atoms with Crippen molar-refractivity contribution in [1.29, 1.82) is 0 Å². The highest BCUT2D eigenvalue weighted by Crippen LogP contribution is 2.39. The van der Waals surface area contributed by atoms with E-state index >= 15 is 0 Å². The van der Waals surface area contributed by atoms with Crippen molar-refractivity contribution in [3.63, 3.8) is 0 Å². The monoisotopic (exact) mass is 299 g/mol. The molecule has 0 radical (unpaired) electrons. The number of hydrogen-bond acceptors (Lipinski definition) is 2. The Balaban J connectivity index is 0.00000144. The molecule has 0 unspecified atom stereocenters. The van der Waals surface area contributed by atoms with Crippen LogP contribution in [0.1, 0.15) is 19.3 Å². The fourth-order valence-electron chi connectivity index (χ4n) is 1.42. The lowest BCUT2D eigenvalue weighted by molar-refractivity contribution is 0.0491. The largest absolute Gasteiger partial charge is 0.396 e. The molecular weight excluding hydrogens is 281 g/mol. The first-order valence-electron chi connectivity index (χ1n) is 4.29. The number of halogens is 1. The predicted octanol–water partition coefficient (Wildman–Crippen LogP) is 0.301. The molecule has 0 atom stereocenters. The molecular formula is C8H18IN3O. The summed E-state index contributed by atoms with van der Waals surface area (Å²) in [6.45, 7) is 0.990.